The van der Waals surface area contributed by atoms with Crippen LogP contribution in [-0.2, 0) is 0 Å². The van der Waals surface area contributed by atoms with Gasteiger partial charge in [-0.15, -0.1) is 0 Å². The maximum Gasteiger partial charge on any atom is 0.0406 e. The Kier molecular flexibility index (Phi) is 3.90. The zero-order chi connectivity index (χ0) is 12.3. The molecule has 0 saturated heterocycles. The number of hydrogen-bond acceptors (Lipinski definition) is 1. The summed E-state index contributed by atoms with van der Waals surface area (Å²) in [5.41, 5.74) is 3.83. The predicted molar refractivity (Wildman–Crippen MR) is 75.1 cm³/mol. The molecule has 0 saturated carbocycles. The van der Waals surface area contributed by atoms with Gasteiger partial charge in [0.1, 0.15) is 0 Å². The van der Waals surface area contributed by atoms with Crippen LogP contribution < -0.4 is 0 Å². The first-order valence-corrected chi connectivity index (χ1v) is 6.40. The SMILES string of the molecule is C/C(=C\C1=CCCCN1C)c1ccc(Cl)cc1. The van der Waals surface area contributed by atoms with Crippen LogP contribution in [0.25, 0.3) is 5.57 Å². The van der Waals surface area contributed by atoms with Gasteiger partial charge in [0, 0.05) is 24.3 Å². The molecule has 0 atom stereocenters. The third-order valence-corrected chi connectivity index (χ3v) is 3.41. The van der Waals surface area contributed by atoms with Crippen LogP contribution in [0.15, 0.2) is 42.1 Å². The van der Waals surface area contributed by atoms with Crippen molar-refractivity contribution in [1.29, 1.82) is 0 Å². The molecule has 0 fully saturated rings. The number of hydrogen-bond donors (Lipinski definition) is 0. The highest BCUT2D eigenvalue weighted by atomic mass is 35.5. The molecule has 2 rings (SSSR count). The van der Waals surface area contributed by atoms with E-state index in [0.717, 1.165) is 11.6 Å². The molecule has 1 aliphatic rings. The van der Waals surface area contributed by atoms with Crippen LogP contribution in [0.2, 0.25) is 5.02 Å². The number of likely N-dealkylation sites (N-methyl/N-ethyl adjacent to an activating group) is 1. The van der Waals surface area contributed by atoms with Gasteiger partial charge < -0.3 is 4.90 Å². The quantitative estimate of drug-likeness (QED) is 0.751. The number of rotatable bonds is 2. The van der Waals surface area contributed by atoms with Crippen LogP contribution in [0.1, 0.15) is 25.3 Å². The van der Waals surface area contributed by atoms with Crippen molar-refractivity contribution in [3.63, 3.8) is 0 Å². The van der Waals surface area contributed by atoms with E-state index in [1.54, 1.807) is 0 Å². The Bertz CT molecular complexity index is 442. The van der Waals surface area contributed by atoms with E-state index in [1.807, 2.05) is 12.1 Å². The van der Waals surface area contributed by atoms with E-state index in [9.17, 15) is 0 Å². The van der Waals surface area contributed by atoms with Crippen LogP contribution in [0.5, 0.6) is 0 Å². The van der Waals surface area contributed by atoms with Gasteiger partial charge in [-0.2, -0.15) is 0 Å². The lowest BCUT2D eigenvalue weighted by Crippen LogP contribution is -2.21. The van der Waals surface area contributed by atoms with Gasteiger partial charge in [-0.05, 0) is 49.1 Å². The van der Waals surface area contributed by atoms with Gasteiger partial charge >= 0.3 is 0 Å². The highest BCUT2D eigenvalue weighted by Gasteiger charge is 2.07. The Labute approximate surface area is 108 Å². The van der Waals surface area contributed by atoms with Crippen molar-refractivity contribution < 1.29 is 0 Å². The second kappa shape index (κ2) is 5.42. The minimum absolute atomic E-state index is 0.788. The van der Waals surface area contributed by atoms with Gasteiger partial charge in [0.15, 0.2) is 0 Å². The second-order valence-electron chi connectivity index (χ2n) is 4.53. The van der Waals surface area contributed by atoms with E-state index >= 15 is 0 Å². The summed E-state index contributed by atoms with van der Waals surface area (Å²) in [7, 11) is 2.15. The third kappa shape index (κ3) is 3.13. The van der Waals surface area contributed by atoms with Crippen molar-refractivity contribution in [3.05, 3.63) is 52.7 Å². The number of benzene rings is 1. The maximum absolute atomic E-state index is 5.89. The van der Waals surface area contributed by atoms with Gasteiger partial charge in [0.2, 0.25) is 0 Å². The lowest BCUT2D eigenvalue weighted by atomic mass is 10.0. The molecule has 2 heteroatoms. The molecule has 0 bridgehead atoms. The van der Waals surface area contributed by atoms with E-state index in [-0.39, 0.29) is 0 Å². The first-order valence-electron chi connectivity index (χ1n) is 6.02. The Balaban J connectivity index is 2.21. The minimum Gasteiger partial charge on any atom is -0.375 e. The fourth-order valence-corrected chi connectivity index (χ4v) is 2.18. The van der Waals surface area contributed by atoms with Crippen molar-refractivity contribution in [2.45, 2.75) is 19.8 Å². The van der Waals surface area contributed by atoms with E-state index < -0.39 is 0 Å². The van der Waals surface area contributed by atoms with Crippen molar-refractivity contribution in [2.75, 3.05) is 13.6 Å². The normalized spacial score (nSPS) is 17.0. The van der Waals surface area contributed by atoms with Crippen molar-refractivity contribution >= 4 is 17.2 Å². The summed E-state index contributed by atoms with van der Waals surface area (Å²) < 4.78 is 0. The van der Waals surface area contributed by atoms with Gasteiger partial charge in [-0.3, -0.25) is 0 Å². The van der Waals surface area contributed by atoms with Crippen LogP contribution >= 0.6 is 11.6 Å². The van der Waals surface area contributed by atoms with Gasteiger partial charge in [-0.25, -0.2) is 0 Å². The van der Waals surface area contributed by atoms with Crippen molar-refractivity contribution in [3.8, 4) is 0 Å². The first kappa shape index (κ1) is 12.3. The van der Waals surface area contributed by atoms with E-state index in [0.29, 0.717) is 0 Å². The standard InChI is InChI=1S/C15H18ClN/c1-12(13-6-8-14(16)9-7-13)11-15-5-3-4-10-17(15)2/h5-9,11H,3-4,10H2,1-2H3/b12-11+. The minimum atomic E-state index is 0.788. The highest BCUT2D eigenvalue weighted by Crippen LogP contribution is 2.21. The van der Waals surface area contributed by atoms with Crippen molar-refractivity contribution in [2.24, 2.45) is 0 Å². The molecule has 17 heavy (non-hydrogen) atoms. The average Bonchev–Trinajstić information content (AvgIpc) is 2.33. The summed E-state index contributed by atoms with van der Waals surface area (Å²) in [5, 5.41) is 0.788. The molecule has 0 radical (unpaired) electrons. The van der Waals surface area contributed by atoms with E-state index in [4.69, 9.17) is 11.6 Å². The summed E-state index contributed by atoms with van der Waals surface area (Å²) in [4.78, 5) is 2.31. The molecule has 0 aromatic heterocycles. The molecule has 1 aromatic rings. The summed E-state index contributed by atoms with van der Waals surface area (Å²) in [6.45, 7) is 3.29. The summed E-state index contributed by atoms with van der Waals surface area (Å²) in [5.74, 6) is 0. The zero-order valence-electron chi connectivity index (χ0n) is 10.4. The average molecular weight is 248 g/mol. The Morgan fingerprint density at radius 3 is 2.65 bits per heavy atom. The van der Waals surface area contributed by atoms with Crippen LogP contribution in [0.4, 0.5) is 0 Å². The Morgan fingerprint density at radius 2 is 2.00 bits per heavy atom. The van der Waals surface area contributed by atoms with Gasteiger partial charge in [0.05, 0.1) is 0 Å². The molecule has 90 valence electrons. The fourth-order valence-electron chi connectivity index (χ4n) is 2.05. The largest absolute Gasteiger partial charge is 0.375 e. The fraction of sp³-hybridized carbons (Fsp3) is 0.333. The van der Waals surface area contributed by atoms with E-state index in [1.165, 1.54) is 29.7 Å². The third-order valence-electron chi connectivity index (χ3n) is 3.16. The molecule has 0 spiro atoms. The lowest BCUT2D eigenvalue weighted by Gasteiger charge is -2.24. The predicted octanol–water partition coefficient (Wildman–Crippen LogP) is 4.35. The van der Waals surface area contributed by atoms with E-state index in [2.05, 4.69) is 43.2 Å². The molecular weight excluding hydrogens is 230 g/mol. The molecular formula is C15H18ClN. The molecule has 1 heterocycles. The van der Waals surface area contributed by atoms with Crippen molar-refractivity contribution in [1.82, 2.24) is 4.90 Å². The summed E-state index contributed by atoms with van der Waals surface area (Å²) >= 11 is 5.89. The zero-order valence-corrected chi connectivity index (χ0v) is 11.2. The first-order chi connectivity index (χ1) is 8.16. The second-order valence-corrected chi connectivity index (χ2v) is 4.96. The molecule has 0 aliphatic carbocycles. The maximum atomic E-state index is 5.89. The number of halogens is 1. The molecule has 1 nitrogen and oxygen atoms in total. The molecule has 0 amide bonds. The van der Waals surface area contributed by atoms with Crippen LogP contribution in [0.3, 0.4) is 0 Å². The Hall–Kier alpha value is -1.21. The summed E-state index contributed by atoms with van der Waals surface area (Å²) in [6, 6.07) is 8.01. The summed E-state index contributed by atoms with van der Waals surface area (Å²) in [6.07, 6.45) is 7.00. The lowest BCUT2D eigenvalue weighted by molar-refractivity contribution is 0.401. The number of nitrogens with zero attached hydrogens (tertiary/aromatic N) is 1. The Morgan fingerprint density at radius 1 is 1.29 bits per heavy atom. The van der Waals surface area contributed by atoms with Crippen LogP contribution in [-0.4, -0.2) is 18.5 Å². The molecule has 1 aliphatic heterocycles. The monoisotopic (exact) mass is 247 g/mol. The highest BCUT2D eigenvalue weighted by molar-refractivity contribution is 6.30. The number of allylic oxidation sites excluding steroid dienone is 3. The topological polar surface area (TPSA) is 3.24 Å². The molecule has 0 unspecified atom stereocenters. The van der Waals surface area contributed by atoms with Crippen LogP contribution in [0, 0.1) is 0 Å². The molecule has 0 N–H and O–H groups in total. The smallest absolute Gasteiger partial charge is 0.0406 e. The molecule has 1 aromatic carbocycles. The van der Waals surface area contributed by atoms with Gasteiger partial charge in [0.25, 0.3) is 0 Å². The van der Waals surface area contributed by atoms with Gasteiger partial charge in [-0.1, -0.05) is 29.8 Å².